The summed E-state index contributed by atoms with van der Waals surface area (Å²) in [5.41, 5.74) is 6.37. The van der Waals surface area contributed by atoms with Crippen LogP contribution in [0.2, 0.25) is 0 Å². The van der Waals surface area contributed by atoms with E-state index in [2.05, 4.69) is 18.9 Å². The molecular weight excluding hydrogens is 242 g/mol. The first kappa shape index (κ1) is 14.2. The van der Waals surface area contributed by atoms with E-state index in [-0.39, 0.29) is 18.0 Å². The van der Waals surface area contributed by atoms with Crippen molar-refractivity contribution in [1.29, 1.82) is 0 Å². The summed E-state index contributed by atoms with van der Waals surface area (Å²) < 4.78 is 7.53. The van der Waals surface area contributed by atoms with Crippen LogP contribution in [0.4, 0.5) is 0 Å². The van der Waals surface area contributed by atoms with Gasteiger partial charge in [-0.3, -0.25) is 9.48 Å². The van der Waals surface area contributed by atoms with Gasteiger partial charge in [0.2, 0.25) is 0 Å². The SMILES string of the molecule is CCC(C)n1ccc(CC(=O)C2CCC(CN)O2)n1. The molecule has 0 aliphatic carbocycles. The Morgan fingerprint density at radius 3 is 3.05 bits per heavy atom. The number of hydrogen-bond acceptors (Lipinski definition) is 4. The summed E-state index contributed by atoms with van der Waals surface area (Å²) in [5.74, 6) is 0.116. The standard InChI is InChI=1S/C14H23N3O2/c1-3-10(2)17-7-6-11(16-17)8-13(18)14-5-4-12(9-15)19-14/h6-7,10,12,14H,3-5,8-9,15H2,1-2H3. The Morgan fingerprint density at radius 2 is 2.42 bits per heavy atom. The van der Waals surface area contributed by atoms with E-state index >= 15 is 0 Å². The van der Waals surface area contributed by atoms with Crippen molar-refractivity contribution in [2.45, 2.75) is 57.8 Å². The zero-order chi connectivity index (χ0) is 13.8. The second kappa shape index (κ2) is 6.30. The molecule has 0 spiro atoms. The Bertz CT molecular complexity index is 430. The number of aromatic nitrogens is 2. The highest BCUT2D eigenvalue weighted by molar-refractivity contribution is 5.85. The second-order valence-electron chi connectivity index (χ2n) is 5.25. The maximum Gasteiger partial charge on any atom is 0.167 e. The molecule has 2 N–H and O–H groups in total. The van der Waals surface area contributed by atoms with E-state index in [4.69, 9.17) is 10.5 Å². The van der Waals surface area contributed by atoms with Crippen LogP contribution in [-0.2, 0) is 16.0 Å². The van der Waals surface area contributed by atoms with E-state index in [1.54, 1.807) is 0 Å². The summed E-state index contributed by atoms with van der Waals surface area (Å²) in [6, 6.07) is 2.28. The molecule has 106 valence electrons. The van der Waals surface area contributed by atoms with Crippen LogP contribution in [-0.4, -0.2) is 34.3 Å². The van der Waals surface area contributed by atoms with Crippen LogP contribution < -0.4 is 5.73 Å². The van der Waals surface area contributed by atoms with E-state index in [1.807, 2.05) is 16.9 Å². The van der Waals surface area contributed by atoms with E-state index in [1.165, 1.54) is 0 Å². The van der Waals surface area contributed by atoms with Crippen LogP contribution in [0, 0.1) is 0 Å². The van der Waals surface area contributed by atoms with Crippen LogP contribution in [0.3, 0.4) is 0 Å². The molecule has 0 bridgehead atoms. The van der Waals surface area contributed by atoms with Gasteiger partial charge in [0.05, 0.1) is 18.2 Å². The first-order chi connectivity index (χ1) is 9.13. The lowest BCUT2D eigenvalue weighted by molar-refractivity contribution is -0.129. The Kier molecular flexibility index (Phi) is 4.71. The predicted octanol–water partition coefficient (Wildman–Crippen LogP) is 1.47. The Hall–Kier alpha value is -1.20. The molecule has 0 saturated carbocycles. The van der Waals surface area contributed by atoms with Crippen molar-refractivity contribution < 1.29 is 9.53 Å². The molecule has 1 saturated heterocycles. The summed E-state index contributed by atoms with van der Waals surface area (Å²) in [6.45, 7) is 4.73. The molecule has 1 aromatic heterocycles. The molecule has 0 amide bonds. The van der Waals surface area contributed by atoms with Gasteiger partial charge in [-0.1, -0.05) is 6.92 Å². The summed E-state index contributed by atoms with van der Waals surface area (Å²) in [6.07, 6.45) is 4.74. The fraction of sp³-hybridized carbons (Fsp3) is 0.714. The molecule has 5 heteroatoms. The molecule has 1 fully saturated rings. The summed E-state index contributed by atoms with van der Waals surface area (Å²) in [7, 11) is 0. The van der Waals surface area contributed by atoms with Gasteiger partial charge in [0.1, 0.15) is 6.10 Å². The third-order valence-electron chi connectivity index (χ3n) is 3.79. The minimum atomic E-state index is -0.290. The Balaban J connectivity index is 1.90. The van der Waals surface area contributed by atoms with Gasteiger partial charge in [0.15, 0.2) is 5.78 Å². The highest BCUT2D eigenvalue weighted by Crippen LogP contribution is 2.21. The number of carbonyl (C=O) groups is 1. The first-order valence-corrected chi connectivity index (χ1v) is 7.06. The van der Waals surface area contributed by atoms with Gasteiger partial charge in [0.25, 0.3) is 0 Å². The Morgan fingerprint density at radius 1 is 1.63 bits per heavy atom. The topological polar surface area (TPSA) is 70.1 Å². The number of rotatable bonds is 6. The highest BCUT2D eigenvalue weighted by Gasteiger charge is 2.29. The van der Waals surface area contributed by atoms with Gasteiger partial charge >= 0.3 is 0 Å². The van der Waals surface area contributed by atoms with Gasteiger partial charge in [-0.25, -0.2) is 0 Å². The van der Waals surface area contributed by atoms with Crippen molar-refractivity contribution in [1.82, 2.24) is 9.78 Å². The van der Waals surface area contributed by atoms with Crippen molar-refractivity contribution >= 4 is 5.78 Å². The minimum Gasteiger partial charge on any atom is -0.366 e. The van der Waals surface area contributed by atoms with Crippen LogP contribution >= 0.6 is 0 Å². The number of ketones is 1. The molecule has 3 atom stereocenters. The average molecular weight is 265 g/mol. The van der Waals surface area contributed by atoms with E-state index in [0.717, 1.165) is 25.0 Å². The molecule has 0 radical (unpaired) electrons. The predicted molar refractivity (Wildman–Crippen MR) is 72.9 cm³/mol. The zero-order valence-corrected chi connectivity index (χ0v) is 11.7. The molecule has 1 aliphatic rings. The van der Waals surface area contributed by atoms with Crippen molar-refractivity contribution in [3.63, 3.8) is 0 Å². The lowest BCUT2D eigenvalue weighted by atomic mass is 10.1. The van der Waals surface area contributed by atoms with E-state index in [9.17, 15) is 4.79 Å². The lowest BCUT2D eigenvalue weighted by Gasteiger charge is -2.11. The van der Waals surface area contributed by atoms with Crippen LogP contribution in [0.5, 0.6) is 0 Å². The van der Waals surface area contributed by atoms with E-state index < -0.39 is 0 Å². The van der Waals surface area contributed by atoms with Gasteiger partial charge in [-0.15, -0.1) is 0 Å². The number of hydrogen-bond donors (Lipinski definition) is 1. The number of nitrogens with zero attached hydrogens (tertiary/aromatic N) is 2. The molecular formula is C14H23N3O2. The quantitative estimate of drug-likeness (QED) is 0.845. The lowest BCUT2D eigenvalue weighted by Crippen LogP contribution is -2.26. The normalized spacial score (nSPS) is 24.6. The minimum absolute atomic E-state index is 0.0478. The molecule has 2 heterocycles. The zero-order valence-electron chi connectivity index (χ0n) is 11.7. The molecule has 5 nitrogen and oxygen atoms in total. The third kappa shape index (κ3) is 3.42. The smallest absolute Gasteiger partial charge is 0.167 e. The number of Topliss-reactive ketones (excluding diaryl/α,β-unsaturated/α-hetero) is 1. The monoisotopic (exact) mass is 265 g/mol. The molecule has 0 aromatic carbocycles. The van der Waals surface area contributed by atoms with Gasteiger partial charge in [-0.05, 0) is 32.3 Å². The average Bonchev–Trinajstić information content (AvgIpc) is 3.06. The van der Waals surface area contributed by atoms with Crippen LogP contribution in [0.25, 0.3) is 0 Å². The third-order valence-corrected chi connectivity index (χ3v) is 3.79. The van der Waals surface area contributed by atoms with Gasteiger partial charge < -0.3 is 10.5 Å². The molecule has 1 aliphatic heterocycles. The first-order valence-electron chi connectivity index (χ1n) is 7.06. The van der Waals surface area contributed by atoms with Gasteiger partial charge in [-0.2, -0.15) is 5.10 Å². The molecule has 2 rings (SSSR count). The largest absolute Gasteiger partial charge is 0.366 e. The number of ether oxygens (including phenoxy) is 1. The highest BCUT2D eigenvalue weighted by atomic mass is 16.5. The second-order valence-corrected chi connectivity index (χ2v) is 5.25. The summed E-state index contributed by atoms with van der Waals surface area (Å²) in [5, 5.41) is 4.45. The molecule has 19 heavy (non-hydrogen) atoms. The summed E-state index contributed by atoms with van der Waals surface area (Å²) in [4.78, 5) is 12.1. The maximum atomic E-state index is 12.1. The van der Waals surface area contributed by atoms with E-state index in [0.29, 0.717) is 19.0 Å². The summed E-state index contributed by atoms with van der Waals surface area (Å²) >= 11 is 0. The van der Waals surface area contributed by atoms with Crippen molar-refractivity contribution in [2.24, 2.45) is 5.73 Å². The van der Waals surface area contributed by atoms with Crippen molar-refractivity contribution in [3.05, 3.63) is 18.0 Å². The van der Waals surface area contributed by atoms with Gasteiger partial charge in [0, 0.05) is 18.8 Å². The van der Waals surface area contributed by atoms with Crippen molar-refractivity contribution in [2.75, 3.05) is 6.54 Å². The maximum absolute atomic E-state index is 12.1. The van der Waals surface area contributed by atoms with Crippen LogP contribution in [0.1, 0.15) is 44.8 Å². The van der Waals surface area contributed by atoms with Crippen molar-refractivity contribution in [3.8, 4) is 0 Å². The fourth-order valence-corrected chi connectivity index (χ4v) is 2.31. The number of nitrogens with two attached hydrogens (primary N) is 1. The Labute approximate surface area is 114 Å². The number of carbonyl (C=O) groups excluding carboxylic acids is 1. The van der Waals surface area contributed by atoms with Crippen LogP contribution in [0.15, 0.2) is 12.3 Å². The molecule has 3 unspecified atom stereocenters. The fourth-order valence-electron chi connectivity index (χ4n) is 2.31. The molecule has 1 aromatic rings.